The van der Waals surface area contributed by atoms with Crippen LogP contribution in [0.4, 0.5) is 0 Å². The van der Waals surface area contributed by atoms with Crippen LogP contribution < -0.4 is 5.32 Å². The highest BCUT2D eigenvalue weighted by Gasteiger charge is 2.14. The van der Waals surface area contributed by atoms with Crippen LogP contribution in [-0.2, 0) is 0 Å². The smallest absolute Gasteiger partial charge is 0.251 e. The van der Waals surface area contributed by atoms with Gasteiger partial charge < -0.3 is 10.4 Å². The molecule has 0 aliphatic carbocycles. The molecule has 0 fully saturated rings. The Morgan fingerprint density at radius 3 is 2.19 bits per heavy atom. The van der Waals surface area contributed by atoms with E-state index in [2.05, 4.69) is 5.32 Å². The Balaban J connectivity index is 2.73. The molecule has 3 nitrogen and oxygen atoms in total. The summed E-state index contributed by atoms with van der Waals surface area (Å²) in [6.45, 7) is 7.49. The van der Waals surface area contributed by atoms with E-state index in [0.717, 1.165) is 11.1 Å². The molecule has 3 heteroatoms. The Morgan fingerprint density at radius 1 is 1.25 bits per heavy atom. The lowest BCUT2D eigenvalue weighted by atomic mass is 10.1. The molecule has 0 spiro atoms. The van der Waals surface area contributed by atoms with Crippen LogP contribution in [0.15, 0.2) is 18.2 Å². The molecule has 1 aromatic carbocycles. The Morgan fingerprint density at radius 2 is 1.75 bits per heavy atom. The topological polar surface area (TPSA) is 49.3 Å². The van der Waals surface area contributed by atoms with Gasteiger partial charge in [-0.2, -0.15) is 0 Å². The molecule has 0 aliphatic heterocycles. The van der Waals surface area contributed by atoms with Gasteiger partial charge in [0.15, 0.2) is 0 Å². The van der Waals surface area contributed by atoms with Crippen molar-refractivity contribution >= 4 is 5.91 Å². The van der Waals surface area contributed by atoms with Crippen molar-refractivity contribution in [2.75, 3.05) is 6.54 Å². The van der Waals surface area contributed by atoms with Gasteiger partial charge in [0.25, 0.3) is 5.91 Å². The Labute approximate surface area is 96.5 Å². The van der Waals surface area contributed by atoms with Crippen molar-refractivity contribution in [2.45, 2.75) is 33.3 Å². The summed E-state index contributed by atoms with van der Waals surface area (Å²) in [6.07, 6.45) is 0. The summed E-state index contributed by atoms with van der Waals surface area (Å²) in [4.78, 5) is 11.8. The highest BCUT2D eigenvalue weighted by molar-refractivity contribution is 5.94. The number of rotatable bonds is 3. The molecule has 2 N–H and O–H groups in total. The average Bonchev–Trinajstić information content (AvgIpc) is 2.11. The molecule has 1 amide bonds. The van der Waals surface area contributed by atoms with Gasteiger partial charge in [0.2, 0.25) is 0 Å². The molecule has 0 unspecified atom stereocenters. The Hall–Kier alpha value is -1.35. The first-order chi connectivity index (χ1) is 7.28. The van der Waals surface area contributed by atoms with Crippen LogP contribution in [0.1, 0.15) is 35.3 Å². The molecule has 1 aromatic rings. The fourth-order valence-electron chi connectivity index (χ4n) is 1.50. The first kappa shape index (κ1) is 12.7. The van der Waals surface area contributed by atoms with E-state index in [1.165, 1.54) is 0 Å². The number of aryl methyl sites for hydroxylation is 2. The van der Waals surface area contributed by atoms with Crippen molar-refractivity contribution in [1.29, 1.82) is 0 Å². The molecule has 0 saturated heterocycles. The lowest BCUT2D eigenvalue weighted by molar-refractivity contribution is 0.0694. The zero-order valence-electron chi connectivity index (χ0n) is 10.3. The van der Waals surface area contributed by atoms with Gasteiger partial charge in [-0.15, -0.1) is 0 Å². The van der Waals surface area contributed by atoms with Crippen molar-refractivity contribution in [2.24, 2.45) is 0 Å². The Kier molecular flexibility index (Phi) is 3.70. The van der Waals surface area contributed by atoms with E-state index in [1.807, 2.05) is 32.0 Å². The quantitative estimate of drug-likeness (QED) is 0.817. The minimum atomic E-state index is -0.880. The summed E-state index contributed by atoms with van der Waals surface area (Å²) in [5.41, 5.74) is 1.89. The predicted octanol–water partition coefficient (Wildman–Crippen LogP) is 1.80. The summed E-state index contributed by atoms with van der Waals surface area (Å²) in [7, 11) is 0. The molecular weight excluding hydrogens is 202 g/mol. The van der Waals surface area contributed by atoms with Gasteiger partial charge in [0, 0.05) is 12.1 Å². The van der Waals surface area contributed by atoms with Crippen molar-refractivity contribution in [3.63, 3.8) is 0 Å². The lowest BCUT2D eigenvalue weighted by Crippen LogP contribution is -2.38. The molecule has 0 heterocycles. The van der Waals surface area contributed by atoms with Crippen LogP contribution in [0.25, 0.3) is 0 Å². The summed E-state index contributed by atoms with van der Waals surface area (Å²) >= 11 is 0. The Bertz CT molecular complexity index is 371. The average molecular weight is 221 g/mol. The minimum Gasteiger partial charge on any atom is -0.389 e. The van der Waals surface area contributed by atoms with Crippen LogP contribution in [0.2, 0.25) is 0 Å². The van der Waals surface area contributed by atoms with Gasteiger partial charge in [-0.3, -0.25) is 4.79 Å². The van der Waals surface area contributed by atoms with Crippen LogP contribution in [-0.4, -0.2) is 23.2 Å². The SMILES string of the molecule is Cc1cc(C)cc(C(=O)NCC(C)(C)O)c1. The number of carbonyl (C=O) groups is 1. The largest absolute Gasteiger partial charge is 0.389 e. The summed E-state index contributed by atoms with van der Waals surface area (Å²) in [6, 6.07) is 5.70. The second-order valence-electron chi connectivity index (χ2n) is 4.87. The van der Waals surface area contributed by atoms with E-state index < -0.39 is 5.60 Å². The predicted molar refractivity (Wildman–Crippen MR) is 64.5 cm³/mol. The third-order valence-electron chi connectivity index (χ3n) is 2.17. The number of benzene rings is 1. The van der Waals surface area contributed by atoms with Gasteiger partial charge in [0.05, 0.1) is 5.60 Å². The van der Waals surface area contributed by atoms with Gasteiger partial charge in [0.1, 0.15) is 0 Å². The molecule has 0 bridgehead atoms. The molecule has 0 radical (unpaired) electrons. The van der Waals surface area contributed by atoms with E-state index in [1.54, 1.807) is 13.8 Å². The summed E-state index contributed by atoms with van der Waals surface area (Å²) < 4.78 is 0. The normalized spacial score (nSPS) is 11.3. The maximum atomic E-state index is 11.8. The van der Waals surface area contributed by atoms with E-state index in [9.17, 15) is 9.90 Å². The first-order valence-electron chi connectivity index (χ1n) is 5.37. The van der Waals surface area contributed by atoms with Gasteiger partial charge >= 0.3 is 0 Å². The second-order valence-corrected chi connectivity index (χ2v) is 4.87. The molecule has 0 aromatic heterocycles. The van der Waals surface area contributed by atoms with Crippen LogP contribution in [0.5, 0.6) is 0 Å². The second kappa shape index (κ2) is 4.66. The molecule has 0 atom stereocenters. The van der Waals surface area contributed by atoms with E-state index in [4.69, 9.17) is 0 Å². The molecule has 0 aliphatic rings. The number of carbonyl (C=O) groups excluding carboxylic acids is 1. The van der Waals surface area contributed by atoms with E-state index in [-0.39, 0.29) is 12.5 Å². The van der Waals surface area contributed by atoms with Gasteiger partial charge in [-0.25, -0.2) is 0 Å². The number of hydrogen-bond acceptors (Lipinski definition) is 2. The summed E-state index contributed by atoms with van der Waals surface area (Å²) in [5, 5.41) is 12.2. The minimum absolute atomic E-state index is 0.145. The van der Waals surface area contributed by atoms with Crippen LogP contribution in [0.3, 0.4) is 0 Å². The maximum absolute atomic E-state index is 11.8. The number of hydrogen-bond donors (Lipinski definition) is 2. The molecule has 16 heavy (non-hydrogen) atoms. The third-order valence-corrected chi connectivity index (χ3v) is 2.17. The fourth-order valence-corrected chi connectivity index (χ4v) is 1.50. The van der Waals surface area contributed by atoms with Crippen molar-refractivity contribution in [1.82, 2.24) is 5.32 Å². The highest BCUT2D eigenvalue weighted by Crippen LogP contribution is 2.09. The monoisotopic (exact) mass is 221 g/mol. The summed E-state index contributed by atoms with van der Waals surface area (Å²) in [5.74, 6) is -0.145. The van der Waals surface area contributed by atoms with E-state index >= 15 is 0 Å². The lowest BCUT2D eigenvalue weighted by Gasteiger charge is -2.17. The zero-order chi connectivity index (χ0) is 12.3. The zero-order valence-corrected chi connectivity index (χ0v) is 10.3. The van der Waals surface area contributed by atoms with Crippen molar-refractivity contribution in [3.8, 4) is 0 Å². The fraction of sp³-hybridized carbons (Fsp3) is 0.462. The van der Waals surface area contributed by atoms with Gasteiger partial charge in [-0.1, -0.05) is 17.2 Å². The van der Waals surface area contributed by atoms with Crippen molar-refractivity contribution in [3.05, 3.63) is 34.9 Å². The highest BCUT2D eigenvalue weighted by atomic mass is 16.3. The molecular formula is C13H19NO2. The van der Waals surface area contributed by atoms with Crippen LogP contribution >= 0.6 is 0 Å². The van der Waals surface area contributed by atoms with E-state index in [0.29, 0.717) is 5.56 Å². The molecule has 88 valence electrons. The third kappa shape index (κ3) is 4.03. The maximum Gasteiger partial charge on any atom is 0.251 e. The van der Waals surface area contributed by atoms with Gasteiger partial charge in [-0.05, 0) is 39.8 Å². The molecule has 1 rings (SSSR count). The number of nitrogens with one attached hydrogen (secondary N) is 1. The first-order valence-corrected chi connectivity index (χ1v) is 5.37. The van der Waals surface area contributed by atoms with Crippen molar-refractivity contribution < 1.29 is 9.90 Å². The number of aliphatic hydroxyl groups is 1. The standard InChI is InChI=1S/C13H19NO2/c1-9-5-10(2)7-11(6-9)12(15)14-8-13(3,4)16/h5-7,16H,8H2,1-4H3,(H,14,15). The molecule has 0 saturated carbocycles. The number of amides is 1. The van der Waals surface area contributed by atoms with Crippen LogP contribution in [0, 0.1) is 13.8 Å².